The summed E-state index contributed by atoms with van der Waals surface area (Å²) in [5.74, 6) is 0.956. The van der Waals surface area contributed by atoms with Gasteiger partial charge in [-0.1, -0.05) is 31.0 Å². The lowest BCUT2D eigenvalue weighted by Gasteiger charge is -2.14. The molecule has 1 heterocycles. The van der Waals surface area contributed by atoms with E-state index in [2.05, 4.69) is 4.98 Å². The van der Waals surface area contributed by atoms with Crippen molar-refractivity contribution in [3.63, 3.8) is 0 Å². The van der Waals surface area contributed by atoms with Gasteiger partial charge in [0, 0.05) is 32.4 Å². The van der Waals surface area contributed by atoms with Crippen LogP contribution in [0.2, 0.25) is 5.02 Å². The first-order chi connectivity index (χ1) is 12.8. The molecule has 0 atom stereocenters. The number of alkyl halides is 3. The van der Waals surface area contributed by atoms with Crippen LogP contribution in [0.15, 0.2) is 30.5 Å². The highest BCUT2D eigenvalue weighted by Gasteiger charge is 2.31. The zero-order chi connectivity index (χ0) is 19.9. The molecule has 2 aromatic rings. The highest BCUT2D eigenvalue weighted by Crippen LogP contribution is 2.36. The first kappa shape index (κ1) is 21.3. The second-order valence-electron chi connectivity index (χ2n) is 5.83. The summed E-state index contributed by atoms with van der Waals surface area (Å²) >= 11 is 5.94. The van der Waals surface area contributed by atoms with Crippen molar-refractivity contribution in [2.75, 3.05) is 20.3 Å². The van der Waals surface area contributed by atoms with Gasteiger partial charge in [-0.2, -0.15) is 13.2 Å². The molecule has 0 aliphatic rings. The Hall–Kier alpha value is -1.99. The molecule has 27 heavy (non-hydrogen) atoms. The molecule has 0 saturated carbocycles. The van der Waals surface area contributed by atoms with Crippen LogP contribution in [0.1, 0.15) is 30.9 Å². The Labute approximate surface area is 161 Å². The van der Waals surface area contributed by atoms with Gasteiger partial charge in [-0.05, 0) is 24.1 Å². The van der Waals surface area contributed by atoms with Crippen LogP contribution >= 0.6 is 11.6 Å². The molecule has 1 aromatic heterocycles. The third kappa shape index (κ3) is 6.29. The van der Waals surface area contributed by atoms with Crippen LogP contribution in [0.3, 0.4) is 0 Å². The fourth-order valence-electron chi connectivity index (χ4n) is 2.35. The number of aryl methyl sites for hydroxylation is 1. The first-order valence-electron chi connectivity index (χ1n) is 8.50. The number of methoxy groups -OCH3 is 1. The van der Waals surface area contributed by atoms with Crippen molar-refractivity contribution < 1.29 is 27.4 Å². The number of halogens is 4. The van der Waals surface area contributed by atoms with Crippen molar-refractivity contribution in [1.29, 1.82) is 0 Å². The summed E-state index contributed by atoms with van der Waals surface area (Å²) in [7, 11) is 1.62. The number of aromatic nitrogens is 1. The van der Waals surface area contributed by atoms with Crippen LogP contribution in [-0.4, -0.2) is 25.3 Å². The molecule has 8 heteroatoms. The Bertz CT molecular complexity index is 753. The maximum absolute atomic E-state index is 12.8. The molecule has 0 fully saturated rings. The van der Waals surface area contributed by atoms with E-state index in [1.807, 2.05) is 19.1 Å². The Morgan fingerprint density at radius 3 is 2.56 bits per heavy atom. The number of hydrogen-bond donors (Lipinski definition) is 0. The van der Waals surface area contributed by atoms with E-state index in [1.54, 1.807) is 13.2 Å². The molecule has 0 unspecified atom stereocenters. The molecule has 0 bridgehead atoms. The normalized spacial score (nSPS) is 11.5. The van der Waals surface area contributed by atoms with Crippen LogP contribution < -0.4 is 9.47 Å². The molecular weight excluding hydrogens is 383 g/mol. The van der Waals surface area contributed by atoms with Crippen molar-refractivity contribution in [3.05, 3.63) is 46.6 Å². The van der Waals surface area contributed by atoms with E-state index in [-0.39, 0.29) is 10.9 Å². The van der Waals surface area contributed by atoms with Gasteiger partial charge in [0.05, 0.1) is 12.2 Å². The molecule has 2 rings (SSSR count). The highest BCUT2D eigenvalue weighted by molar-refractivity contribution is 6.31. The quantitative estimate of drug-likeness (QED) is 0.488. The summed E-state index contributed by atoms with van der Waals surface area (Å²) in [6.45, 7) is 3.07. The molecule has 0 aliphatic heterocycles. The molecule has 0 saturated heterocycles. The maximum Gasteiger partial charge on any atom is 0.417 e. The fourth-order valence-corrected chi connectivity index (χ4v) is 2.55. The summed E-state index contributed by atoms with van der Waals surface area (Å²) < 4.78 is 54.6. The van der Waals surface area contributed by atoms with E-state index in [1.165, 1.54) is 0 Å². The molecule has 0 radical (unpaired) electrons. The monoisotopic (exact) mass is 403 g/mol. The Morgan fingerprint density at radius 1 is 1.15 bits per heavy atom. The molecule has 1 aromatic carbocycles. The second-order valence-corrected chi connectivity index (χ2v) is 6.23. The van der Waals surface area contributed by atoms with Crippen molar-refractivity contribution >= 4 is 11.6 Å². The molecule has 0 spiro atoms. The van der Waals surface area contributed by atoms with Crippen LogP contribution in [0.5, 0.6) is 17.4 Å². The average molecular weight is 404 g/mol. The zero-order valence-electron chi connectivity index (χ0n) is 15.1. The van der Waals surface area contributed by atoms with Crippen LogP contribution in [0, 0.1) is 0 Å². The largest absolute Gasteiger partial charge is 0.493 e. The van der Waals surface area contributed by atoms with E-state index in [0.29, 0.717) is 30.9 Å². The number of nitrogens with zero attached hydrogens (tertiary/aromatic N) is 1. The second kappa shape index (κ2) is 9.80. The predicted molar refractivity (Wildman–Crippen MR) is 96.7 cm³/mol. The molecule has 0 amide bonds. The summed E-state index contributed by atoms with van der Waals surface area (Å²) in [6, 6.07) is 6.18. The highest BCUT2D eigenvalue weighted by atomic mass is 35.5. The summed E-state index contributed by atoms with van der Waals surface area (Å²) in [5, 5.41) is -0.210. The minimum Gasteiger partial charge on any atom is -0.493 e. The number of rotatable bonds is 9. The van der Waals surface area contributed by atoms with Gasteiger partial charge in [0.15, 0.2) is 0 Å². The fraction of sp³-hybridized carbons (Fsp3) is 0.421. The number of ether oxygens (including phenoxy) is 3. The van der Waals surface area contributed by atoms with Gasteiger partial charge in [0.25, 0.3) is 0 Å². The topological polar surface area (TPSA) is 40.6 Å². The summed E-state index contributed by atoms with van der Waals surface area (Å²) in [5.41, 5.74) is -0.0386. The van der Waals surface area contributed by atoms with Crippen molar-refractivity contribution in [1.82, 2.24) is 4.98 Å². The van der Waals surface area contributed by atoms with Gasteiger partial charge >= 0.3 is 6.18 Å². The smallest absolute Gasteiger partial charge is 0.417 e. The zero-order valence-corrected chi connectivity index (χ0v) is 15.9. The van der Waals surface area contributed by atoms with Gasteiger partial charge in [0.2, 0.25) is 5.88 Å². The first-order valence-corrected chi connectivity index (χ1v) is 8.88. The van der Waals surface area contributed by atoms with Crippen molar-refractivity contribution in [3.8, 4) is 17.4 Å². The van der Waals surface area contributed by atoms with Gasteiger partial charge in [-0.15, -0.1) is 0 Å². The lowest BCUT2D eigenvalue weighted by atomic mass is 10.1. The molecule has 148 valence electrons. The lowest BCUT2D eigenvalue weighted by Crippen LogP contribution is -2.06. The minimum atomic E-state index is -4.52. The van der Waals surface area contributed by atoms with Gasteiger partial charge in [-0.25, -0.2) is 4.98 Å². The molecule has 0 aliphatic carbocycles. The van der Waals surface area contributed by atoms with E-state index >= 15 is 0 Å². The standard InChI is InChI=1S/C19H21ClF3NO3/c1-3-5-13-6-7-15(26-9-4-8-25-2)11-17(13)27-18-16(20)10-14(12-24-18)19(21,22)23/h6-7,10-12H,3-5,8-9H2,1-2H3. The lowest BCUT2D eigenvalue weighted by molar-refractivity contribution is -0.137. The van der Waals surface area contributed by atoms with Crippen LogP contribution in [0.4, 0.5) is 13.2 Å². The van der Waals surface area contributed by atoms with Crippen molar-refractivity contribution in [2.24, 2.45) is 0 Å². The van der Waals surface area contributed by atoms with Gasteiger partial charge < -0.3 is 14.2 Å². The maximum atomic E-state index is 12.8. The van der Waals surface area contributed by atoms with E-state index in [4.69, 9.17) is 25.8 Å². The Morgan fingerprint density at radius 2 is 1.93 bits per heavy atom. The average Bonchev–Trinajstić information content (AvgIpc) is 2.61. The number of pyridine rings is 1. The van der Waals surface area contributed by atoms with E-state index in [9.17, 15) is 13.2 Å². The molecular formula is C19H21ClF3NO3. The van der Waals surface area contributed by atoms with E-state index < -0.39 is 11.7 Å². The number of benzene rings is 1. The number of hydrogen-bond acceptors (Lipinski definition) is 4. The minimum absolute atomic E-state index is 0.0847. The van der Waals surface area contributed by atoms with Crippen LogP contribution in [-0.2, 0) is 17.3 Å². The Kier molecular flexibility index (Phi) is 7.74. The third-order valence-electron chi connectivity index (χ3n) is 3.66. The summed E-state index contributed by atoms with van der Waals surface area (Å²) in [4.78, 5) is 3.73. The van der Waals surface area contributed by atoms with Crippen LogP contribution in [0.25, 0.3) is 0 Å². The van der Waals surface area contributed by atoms with Gasteiger partial charge in [0.1, 0.15) is 16.5 Å². The van der Waals surface area contributed by atoms with Crippen molar-refractivity contribution in [2.45, 2.75) is 32.4 Å². The SMILES string of the molecule is CCCc1ccc(OCCCOC)cc1Oc1ncc(C(F)(F)F)cc1Cl. The Balaban J connectivity index is 2.22. The van der Waals surface area contributed by atoms with Gasteiger partial charge in [-0.3, -0.25) is 0 Å². The predicted octanol–water partition coefficient (Wildman–Crippen LogP) is 5.91. The third-order valence-corrected chi connectivity index (χ3v) is 3.93. The van der Waals surface area contributed by atoms with E-state index in [0.717, 1.165) is 30.9 Å². The summed E-state index contributed by atoms with van der Waals surface area (Å²) in [6.07, 6.45) is -1.48. The molecule has 0 N–H and O–H groups in total. The molecule has 4 nitrogen and oxygen atoms in total.